The Kier molecular flexibility index (Phi) is 5.53. The maximum absolute atomic E-state index is 9.69. The lowest BCUT2D eigenvalue weighted by atomic mass is 10.1. The van der Waals surface area contributed by atoms with Crippen molar-refractivity contribution in [2.45, 2.75) is 20.8 Å². The van der Waals surface area contributed by atoms with Crippen molar-refractivity contribution >= 4 is 5.78 Å². The van der Waals surface area contributed by atoms with Gasteiger partial charge in [-0.25, -0.2) is 0 Å². The number of aryl methyl sites for hydroxylation is 2. The lowest BCUT2D eigenvalue weighted by molar-refractivity contribution is -0.112. The SMILES string of the molecule is C=CC(C)=O.Cc1ccccc1C. The van der Waals surface area contributed by atoms with Crippen LogP contribution in [0.3, 0.4) is 0 Å². The standard InChI is InChI=1S/C8H10.C4H6O/c1-7-5-3-4-6-8(7)2;1-3-4(2)5/h3-6H,1-2H3;3H,1H2,2H3. The van der Waals surface area contributed by atoms with Crippen molar-refractivity contribution < 1.29 is 4.79 Å². The van der Waals surface area contributed by atoms with Gasteiger partial charge in [0.2, 0.25) is 0 Å². The largest absolute Gasteiger partial charge is 0.295 e. The summed E-state index contributed by atoms with van der Waals surface area (Å²) in [5.41, 5.74) is 2.74. The van der Waals surface area contributed by atoms with Gasteiger partial charge in [0, 0.05) is 0 Å². The molecule has 0 radical (unpaired) electrons. The van der Waals surface area contributed by atoms with E-state index >= 15 is 0 Å². The molecule has 0 fully saturated rings. The van der Waals surface area contributed by atoms with Crippen LogP contribution in [0.15, 0.2) is 36.9 Å². The van der Waals surface area contributed by atoms with E-state index in [9.17, 15) is 4.79 Å². The molecule has 0 atom stereocenters. The summed E-state index contributed by atoms with van der Waals surface area (Å²) in [5.74, 6) is 0.0185. The van der Waals surface area contributed by atoms with Gasteiger partial charge in [-0.2, -0.15) is 0 Å². The van der Waals surface area contributed by atoms with Gasteiger partial charge < -0.3 is 0 Å². The molecule has 1 aromatic carbocycles. The average Bonchev–Trinajstić information content (AvgIpc) is 2.11. The fourth-order valence-corrected chi connectivity index (χ4v) is 0.663. The Morgan fingerprint density at radius 3 is 1.69 bits per heavy atom. The molecular weight excluding hydrogens is 160 g/mol. The summed E-state index contributed by atoms with van der Waals surface area (Å²) in [6.07, 6.45) is 1.28. The minimum atomic E-state index is 0.0185. The third-order valence-electron chi connectivity index (χ3n) is 1.71. The Morgan fingerprint density at radius 1 is 1.23 bits per heavy atom. The first-order chi connectivity index (χ1) is 6.07. The second-order valence-electron chi connectivity index (χ2n) is 2.90. The van der Waals surface area contributed by atoms with Crippen molar-refractivity contribution in [1.82, 2.24) is 0 Å². The minimum absolute atomic E-state index is 0.0185. The molecule has 0 N–H and O–H groups in total. The molecule has 0 saturated heterocycles. The van der Waals surface area contributed by atoms with E-state index in [2.05, 4.69) is 44.7 Å². The molecule has 13 heavy (non-hydrogen) atoms. The Hall–Kier alpha value is -1.37. The number of allylic oxidation sites excluding steroid dienone is 1. The molecule has 1 nitrogen and oxygen atoms in total. The van der Waals surface area contributed by atoms with Gasteiger partial charge in [0.05, 0.1) is 0 Å². The highest BCUT2D eigenvalue weighted by atomic mass is 16.1. The third-order valence-corrected chi connectivity index (χ3v) is 1.71. The van der Waals surface area contributed by atoms with E-state index in [1.807, 2.05) is 0 Å². The van der Waals surface area contributed by atoms with Crippen LogP contribution in [0.4, 0.5) is 0 Å². The van der Waals surface area contributed by atoms with Crippen molar-refractivity contribution in [1.29, 1.82) is 0 Å². The molecule has 0 spiro atoms. The third kappa shape index (κ3) is 5.85. The second kappa shape index (κ2) is 6.18. The lowest BCUT2D eigenvalue weighted by Crippen LogP contribution is -1.74. The molecule has 1 heteroatoms. The molecule has 0 aliphatic heterocycles. The van der Waals surface area contributed by atoms with Crippen LogP contribution in [-0.2, 0) is 4.79 Å². The summed E-state index contributed by atoms with van der Waals surface area (Å²) in [4.78, 5) is 9.69. The zero-order valence-electron chi connectivity index (χ0n) is 8.50. The van der Waals surface area contributed by atoms with Gasteiger partial charge in [-0.15, -0.1) is 0 Å². The average molecular weight is 176 g/mol. The topological polar surface area (TPSA) is 17.1 Å². The van der Waals surface area contributed by atoms with E-state index in [1.165, 1.54) is 24.1 Å². The van der Waals surface area contributed by atoms with Gasteiger partial charge >= 0.3 is 0 Å². The van der Waals surface area contributed by atoms with Crippen LogP contribution >= 0.6 is 0 Å². The van der Waals surface area contributed by atoms with Crippen LogP contribution in [0.1, 0.15) is 18.1 Å². The zero-order chi connectivity index (χ0) is 10.3. The Bertz CT molecular complexity index is 266. The minimum Gasteiger partial charge on any atom is -0.295 e. The highest BCUT2D eigenvalue weighted by molar-refractivity contribution is 5.86. The second-order valence-corrected chi connectivity index (χ2v) is 2.90. The molecular formula is C12H16O. The molecule has 0 aliphatic carbocycles. The summed E-state index contributed by atoms with van der Waals surface area (Å²) in [6.45, 7) is 8.92. The van der Waals surface area contributed by atoms with E-state index in [0.717, 1.165) is 0 Å². The maximum Gasteiger partial charge on any atom is 0.152 e. The highest BCUT2D eigenvalue weighted by Gasteiger charge is 1.83. The Morgan fingerprint density at radius 2 is 1.54 bits per heavy atom. The predicted molar refractivity (Wildman–Crippen MR) is 56.8 cm³/mol. The number of carbonyl (C=O) groups excluding carboxylic acids is 1. The van der Waals surface area contributed by atoms with E-state index in [1.54, 1.807) is 0 Å². The van der Waals surface area contributed by atoms with Crippen molar-refractivity contribution in [3.8, 4) is 0 Å². The van der Waals surface area contributed by atoms with Crippen molar-refractivity contribution in [2.24, 2.45) is 0 Å². The smallest absolute Gasteiger partial charge is 0.152 e. The van der Waals surface area contributed by atoms with E-state index in [4.69, 9.17) is 0 Å². The number of benzene rings is 1. The quantitative estimate of drug-likeness (QED) is 0.601. The van der Waals surface area contributed by atoms with E-state index in [-0.39, 0.29) is 5.78 Å². The first-order valence-electron chi connectivity index (χ1n) is 4.23. The molecule has 70 valence electrons. The van der Waals surface area contributed by atoms with Crippen LogP contribution in [0.2, 0.25) is 0 Å². The fraction of sp³-hybridized carbons (Fsp3) is 0.250. The number of ketones is 1. The Balaban J connectivity index is 0.000000252. The molecule has 0 aliphatic rings. The van der Waals surface area contributed by atoms with Crippen molar-refractivity contribution in [3.63, 3.8) is 0 Å². The van der Waals surface area contributed by atoms with Gasteiger partial charge in [0.25, 0.3) is 0 Å². The van der Waals surface area contributed by atoms with Crippen LogP contribution in [0.25, 0.3) is 0 Å². The van der Waals surface area contributed by atoms with Gasteiger partial charge in [0.1, 0.15) is 0 Å². The summed E-state index contributed by atoms with van der Waals surface area (Å²) >= 11 is 0. The van der Waals surface area contributed by atoms with E-state index < -0.39 is 0 Å². The number of rotatable bonds is 1. The van der Waals surface area contributed by atoms with Gasteiger partial charge in [-0.05, 0) is 38.0 Å². The van der Waals surface area contributed by atoms with Crippen LogP contribution in [0.5, 0.6) is 0 Å². The van der Waals surface area contributed by atoms with Crippen LogP contribution in [0, 0.1) is 13.8 Å². The number of hydrogen-bond acceptors (Lipinski definition) is 1. The van der Waals surface area contributed by atoms with Gasteiger partial charge in [-0.1, -0.05) is 30.8 Å². The van der Waals surface area contributed by atoms with Gasteiger partial charge in [0.15, 0.2) is 5.78 Å². The summed E-state index contributed by atoms with van der Waals surface area (Å²) < 4.78 is 0. The summed E-state index contributed by atoms with van der Waals surface area (Å²) in [6, 6.07) is 8.36. The van der Waals surface area contributed by atoms with Gasteiger partial charge in [-0.3, -0.25) is 4.79 Å². The Labute approximate surface area is 80.1 Å². The molecule has 0 bridgehead atoms. The van der Waals surface area contributed by atoms with Crippen molar-refractivity contribution in [2.75, 3.05) is 0 Å². The maximum atomic E-state index is 9.69. The summed E-state index contributed by atoms with van der Waals surface area (Å²) in [7, 11) is 0. The molecule has 0 heterocycles. The molecule has 0 saturated carbocycles. The molecule has 1 rings (SSSR count). The first kappa shape index (κ1) is 11.6. The predicted octanol–water partition coefficient (Wildman–Crippen LogP) is 3.06. The van der Waals surface area contributed by atoms with Crippen LogP contribution in [-0.4, -0.2) is 5.78 Å². The van der Waals surface area contributed by atoms with Crippen LogP contribution < -0.4 is 0 Å². The monoisotopic (exact) mass is 176 g/mol. The first-order valence-corrected chi connectivity index (χ1v) is 4.23. The number of hydrogen-bond donors (Lipinski definition) is 0. The highest BCUT2D eigenvalue weighted by Crippen LogP contribution is 2.02. The van der Waals surface area contributed by atoms with Crippen molar-refractivity contribution in [3.05, 3.63) is 48.0 Å². The number of carbonyl (C=O) groups is 1. The normalized spacial score (nSPS) is 8.23. The molecule has 0 amide bonds. The van der Waals surface area contributed by atoms with E-state index in [0.29, 0.717) is 0 Å². The molecule has 0 aromatic heterocycles. The molecule has 0 unspecified atom stereocenters. The summed E-state index contributed by atoms with van der Waals surface area (Å²) in [5, 5.41) is 0. The molecule has 1 aromatic rings. The zero-order valence-corrected chi connectivity index (χ0v) is 8.50. The fourth-order valence-electron chi connectivity index (χ4n) is 0.663. The lowest BCUT2D eigenvalue weighted by Gasteiger charge is -1.93.